The monoisotopic (exact) mass is 477 g/mol. The van der Waals surface area contributed by atoms with E-state index in [0.29, 0.717) is 12.3 Å². The Kier molecular flexibility index (Phi) is 8.62. The molecule has 3 aromatic rings. The fourth-order valence-corrected chi connectivity index (χ4v) is 4.62. The first-order valence-corrected chi connectivity index (χ1v) is 12.6. The number of anilines is 2. The van der Waals surface area contributed by atoms with Crippen molar-refractivity contribution in [2.75, 3.05) is 55.4 Å². The third-order valence-electron chi connectivity index (χ3n) is 5.83. The second-order valence-corrected chi connectivity index (χ2v) is 9.11. The molecule has 2 heterocycles. The molecule has 1 fully saturated rings. The van der Waals surface area contributed by atoms with E-state index in [4.69, 9.17) is 4.74 Å². The van der Waals surface area contributed by atoms with E-state index in [1.165, 1.54) is 23.0 Å². The van der Waals surface area contributed by atoms with Gasteiger partial charge in [0.25, 0.3) is 0 Å². The fourth-order valence-electron chi connectivity index (χ4n) is 3.92. The molecular weight excluding hydrogens is 446 g/mol. The maximum absolute atomic E-state index is 12.2. The second-order valence-electron chi connectivity index (χ2n) is 8.11. The lowest BCUT2D eigenvalue weighted by Crippen LogP contribution is -2.46. The molecule has 0 unspecified atom stereocenters. The molecule has 0 aliphatic carbocycles. The highest BCUT2D eigenvalue weighted by molar-refractivity contribution is 7.99. The number of aromatic nitrogens is 2. The number of hydrogen-bond donors (Lipinski definition) is 1. The Morgan fingerprint density at radius 2 is 1.74 bits per heavy atom. The zero-order valence-corrected chi connectivity index (χ0v) is 20.3. The van der Waals surface area contributed by atoms with Crippen molar-refractivity contribution in [2.24, 2.45) is 0 Å². The van der Waals surface area contributed by atoms with E-state index in [9.17, 15) is 4.79 Å². The van der Waals surface area contributed by atoms with Crippen molar-refractivity contribution >= 4 is 29.2 Å². The van der Waals surface area contributed by atoms with Gasteiger partial charge in [-0.1, -0.05) is 42.1 Å². The van der Waals surface area contributed by atoms with E-state index in [1.807, 2.05) is 36.4 Å². The van der Waals surface area contributed by atoms with Gasteiger partial charge in [0.2, 0.25) is 5.91 Å². The molecule has 1 saturated heterocycles. The summed E-state index contributed by atoms with van der Waals surface area (Å²) in [5, 5.41) is 3.82. The lowest BCUT2D eigenvalue weighted by atomic mass is 10.1. The first-order valence-electron chi connectivity index (χ1n) is 11.6. The van der Waals surface area contributed by atoms with Gasteiger partial charge in [-0.15, -0.1) is 0 Å². The predicted molar refractivity (Wildman–Crippen MR) is 138 cm³/mol. The maximum Gasteiger partial charge on any atom is 0.230 e. The fraction of sp³-hybridized carbons (Fsp3) is 0.346. The molecule has 178 valence electrons. The SMILES string of the molecule is COc1ccc(N2CCN(c3cc(SCC(=O)NCCCc4ccccc4)ncn3)CC2)cc1. The summed E-state index contributed by atoms with van der Waals surface area (Å²) >= 11 is 1.45. The van der Waals surface area contributed by atoms with E-state index in [-0.39, 0.29) is 5.91 Å². The highest BCUT2D eigenvalue weighted by atomic mass is 32.2. The standard InChI is InChI=1S/C26H31N5O2S/c1-33-23-11-9-22(10-12-23)30-14-16-31(17-15-30)24-18-26(29-20-28-24)34-19-25(32)27-13-5-8-21-6-3-2-4-7-21/h2-4,6-7,9-12,18,20H,5,8,13-17,19H2,1H3,(H,27,32). The molecule has 0 atom stereocenters. The van der Waals surface area contributed by atoms with Crippen molar-refractivity contribution in [3.8, 4) is 5.75 Å². The molecular formula is C26H31N5O2S. The van der Waals surface area contributed by atoms with Crippen LogP contribution < -0.4 is 19.9 Å². The molecule has 1 aliphatic heterocycles. The first kappa shape index (κ1) is 23.9. The Morgan fingerprint density at radius 1 is 1.00 bits per heavy atom. The summed E-state index contributed by atoms with van der Waals surface area (Å²) < 4.78 is 5.25. The molecule has 7 nitrogen and oxygen atoms in total. The minimum Gasteiger partial charge on any atom is -0.497 e. The van der Waals surface area contributed by atoms with E-state index < -0.39 is 0 Å². The highest BCUT2D eigenvalue weighted by Gasteiger charge is 2.19. The summed E-state index contributed by atoms with van der Waals surface area (Å²) in [5.74, 6) is 2.17. The van der Waals surface area contributed by atoms with Crippen molar-refractivity contribution in [2.45, 2.75) is 17.9 Å². The number of rotatable bonds is 10. The number of piperazine rings is 1. The van der Waals surface area contributed by atoms with Crippen molar-refractivity contribution in [1.29, 1.82) is 0 Å². The predicted octanol–water partition coefficient (Wildman–Crippen LogP) is 3.65. The molecule has 0 bridgehead atoms. The van der Waals surface area contributed by atoms with Gasteiger partial charge in [0, 0.05) is 44.5 Å². The number of amides is 1. The van der Waals surface area contributed by atoms with Crippen molar-refractivity contribution in [3.05, 3.63) is 72.6 Å². The Morgan fingerprint density at radius 3 is 2.47 bits per heavy atom. The largest absolute Gasteiger partial charge is 0.497 e. The van der Waals surface area contributed by atoms with E-state index in [2.05, 4.69) is 49.4 Å². The summed E-state index contributed by atoms with van der Waals surface area (Å²) in [5.41, 5.74) is 2.50. The van der Waals surface area contributed by atoms with Gasteiger partial charge in [0.1, 0.15) is 22.9 Å². The van der Waals surface area contributed by atoms with Crippen molar-refractivity contribution in [3.63, 3.8) is 0 Å². The molecule has 8 heteroatoms. The average Bonchev–Trinajstić information content (AvgIpc) is 2.91. The molecule has 1 aromatic heterocycles. The molecule has 1 N–H and O–H groups in total. The van der Waals surface area contributed by atoms with Crippen LogP contribution in [0.2, 0.25) is 0 Å². The van der Waals surface area contributed by atoms with E-state index in [0.717, 1.165) is 55.6 Å². The summed E-state index contributed by atoms with van der Waals surface area (Å²) in [6.07, 6.45) is 3.49. The van der Waals surface area contributed by atoms with Gasteiger partial charge in [-0.3, -0.25) is 4.79 Å². The van der Waals surface area contributed by atoms with Crippen LogP contribution in [0.15, 0.2) is 72.0 Å². The molecule has 0 saturated carbocycles. The van der Waals surface area contributed by atoms with Crippen LogP contribution in [0.3, 0.4) is 0 Å². The van der Waals surface area contributed by atoms with Gasteiger partial charge < -0.3 is 19.9 Å². The minimum atomic E-state index is 0.0336. The number of benzene rings is 2. The summed E-state index contributed by atoms with van der Waals surface area (Å²) in [6, 6.07) is 20.5. The van der Waals surface area contributed by atoms with Crippen LogP contribution in [0.4, 0.5) is 11.5 Å². The van der Waals surface area contributed by atoms with Crippen molar-refractivity contribution in [1.82, 2.24) is 15.3 Å². The third kappa shape index (κ3) is 6.87. The average molecular weight is 478 g/mol. The number of methoxy groups -OCH3 is 1. The number of thioether (sulfide) groups is 1. The van der Waals surface area contributed by atoms with Crippen LogP contribution >= 0.6 is 11.8 Å². The quantitative estimate of drug-likeness (QED) is 0.272. The van der Waals surface area contributed by atoms with Gasteiger partial charge in [0.05, 0.1) is 12.9 Å². The first-order chi connectivity index (χ1) is 16.7. The number of ether oxygens (including phenoxy) is 1. The minimum absolute atomic E-state index is 0.0336. The van der Waals surface area contributed by atoms with Crippen molar-refractivity contribution < 1.29 is 9.53 Å². The van der Waals surface area contributed by atoms with Crippen LogP contribution in [0, 0.1) is 0 Å². The molecule has 4 rings (SSSR count). The summed E-state index contributed by atoms with van der Waals surface area (Å²) in [4.78, 5) is 25.7. The number of nitrogens with zero attached hydrogens (tertiary/aromatic N) is 4. The number of carbonyl (C=O) groups excluding carboxylic acids is 1. The van der Waals surface area contributed by atoms with Gasteiger partial charge in [-0.25, -0.2) is 9.97 Å². The van der Waals surface area contributed by atoms with Gasteiger partial charge in [0.15, 0.2) is 0 Å². The molecule has 0 spiro atoms. The van der Waals surface area contributed by atoms with E-state index >= 15 is 0 Å². The second kappa shape index (κ2) is 12.3. The van der Waals surface area contributed by atoms with Crippen LogP contribution in [0.5, 0.6) is 5.75 Å². The Balaban J connectivity index is 1.19. The lowest BCUT2D eigenvalue weighted by Gasteiger charge is -2.36. The molecule has 1 aliphatic rings. The number of hydrogen-bond acceptors (Lipinski definition) is 7. The normalized spacial score (nSPS) is 13.6. The molecule has 2 aromatic carbocycles. The molecule has 0 radical (unpaired) electrons. The summed E-state index contributed by atoms with van der Waals surface area (Å²) in [6.45, 7) is 4.29. The zero-order valence-electron chi connectivity index (χ0n) is 19.5. The molecule has 1 amide bonds. The Labute approximate surface area is 205 Å². The smallest absolute Gasteiger partial charge is 0.230 e. The third-order valence-corrected chi connectivity index (χ3v) is 6.75. The topological polar surface area (TPSA) is 70.6 Å². The summed E-state index contributed by atoms with van der Waals surface area (Å²) in [7, 11) is 1.68. The lowest BCUT2D eigenvalue weighted by molar-refractivity contribution is -0.118. The van der Waals surface area contributed by atoms with Gasteiger partial charge >= 0.3 is 0 Å². The Hall–Kier alpha value is -3.26. The number of nitrogens with one attached hydrogen (secondary N) is 1. The van der Waals surface area contributed by atoms with Crippen LogP contribution in [0.1, 0.15) is 12.0 Å². The maximum atomic E-state index is 12.2. The zero-order chi connectivity index (χ0) is 23.6. The number of aryl methyl sites for hydroxylation is 1. The van der Waals surface area contributed by atoms with Gasteiger partial charge in [-0.2, -0.15) is 0 Å². The number of carbonyl (C=O) groups is 1. The van der Waals surface area contributed by atoms with Crippen LogP contribution in [0.25, 0.3) is 0 Å². The van der Waals surface area contributed by atoms with Crippen LogP contribution in [-0.4, -0.2) is 61.5 Å². The van der Waals surface area contributed by atoms with Crippen LogP contribution in [-0.2, 0) is 11.2 Å². The van der Waals surface area contributed by atoms with Gasteiger partial charge in [-0.05, 0) is 42.7 Å². The van der Waals surface area contributed by atoms with E-state index in [1.54, 1.807) is 13.4 Å². The molecule has 34 heavy (non-hydrogen) atoms. The highest BCUT2D eigenvalue weighted by Crippen LogP contribution is 2.24. The Bertz CT molecular complexity index is 1040.